The predicted molar refractivity (Wildman–Crippen MR) is 107 cm³/mol. The molecule has 0 bridgehead atoms. The predicted octanol–water partition coefficient (Wildman–Crippen LogP) is 3.92. The van der Waals surface area contributed by atoms with E-state index in [1.807, 2.05) is 19.1 Å². The number of imide groups is 1. The van der Waals surface area contributed by atoms with Crippen LogP contribution in [0.4, 0.5) is 17.1 Å². The Hall–Kier alpha value is -3.74. The molecule has 140 valence electrons. The topological polar surface area (TPSA) is 83.8 Å². The van der Waals surface area contributed by atoms with Crippen molar-refractivity contribution in [2.45, 2.75) is 6.92 Å². The Labute approximate surface area is 160 Å². The molecule has 28 heavy (non-hydrogen) atoms. The molecule has 4 rings (SSSR count). The van der Waals surface area contributed by atoms with Gasteiger partial charge in [0, 0.05) is 36.5 Å². The molecule has 7 nitrogen and oxygen atoms in total. The van der Waals surface area contributed by atoms with Gasteiger partial charge in [-0.15, -0.1) is 0 Å². The Morgan fingerprint density at radius 2 is 1.64 bits per heavy atom. The van der Waals surface area contributed by atoms with Gasteiger partial charge in [0.1, 0.15) is 5.69 Å². The lowest BCUT2D eigenvalue weighted by molar-refractivity contribution is -0.384. The van der Waals surface area contributed by atoms with Crippen molar-refractivity contribution in [3.63, 3.8) is 0 Å². The van der Waals surface area contributed by atoms with Gasteiger partial charge in [0.25, 0.3) is 17.5 Å². The first-order valence-electron chi connectivity index (χ1n) is 8.68. The van der Waals surface area contributed by atoms with Crippen molar-refractivity contribution in [3.8, 4) is 0 Å². The van der Waals surface area contributed by atoms with Crippen molar-refractivity contribution in [2.24, 2.45) is 0 Å². The number of para-hydroxylation sites is 1. The van der Waals surface area contributed by atoms with Crippen LogP contribution in [0.1, 0.15) is 26.3 Å². The second-order valence-electron chi connectivity index (χ2n) is 6.90. The monoisotopic (exact) mass is 375 g/mol. The van der Waals surface area contributed by atoms with Crippen LogP contribution >= 0.6 is 0 Å². The highest BCUT2D eigenvalue weighted by Gasteiger charge is 2.37. The standard InChI is InChI=1S/C21H17N3O4/c1-12-7-4-5-10-16(12)23-20(25)14-9-6-8-13-18(14)15(21(23)26)11-17(24(27)28)19(13)22(2)3/h4-11H,1-3H3. The number of nitro benzene ring substituents is 1. The first kappa shape index (κ1) is 17.7. The van der Waals surface area contributed by atoms with Gasteiger partial charge in [-0.05, 0) is 24.6 Å². The molecule has 1 aliphatic rings. The molecule has 0 N–H and O–H groups in total. The van der Waals surface area contributed by atoms with Crippen molar-refractivity contribution < 1.29 is 14.5 Å². The first-order valence-corrected chi connectivity index (χ1v) is 8.68. The largest absolute Gasteiger partial charge is 0.372 e. The number of aryl methyl sites for hydroxylation is 1. The Kier molecular flexibility index (Phi) is 3.88. The van der Waals surface area contributed by atoms with Gasteiger partial charge in [-0.3, -0.25) is 19.7 Å². The molecule has 0 atom stereocenters. The molecule has 3 aromatic rings. The maximum Gasteiger partial charge on any atom is 0.293 e. The molecule has 1 heterocycles. The van der Waals surface area contributed by atoms with Crippen LogP contribution < -0.4 is 9.80 Å². The zero-order valence-electron chi connectivity index (χ0n) is 15.6. The number of hydrogen-bond acceptors (Lipinski definition) is 5. The van der Waals surface area contributed by atoms with Crippen LogP contribution in [0, 0.1) is 17.0 Å². The van der Waals surface area contributed by atoms with E-state index in [4.69, 9.17) is 0 Å². The van der Waals surface area contributed by atoms with Crippen LogP contribution in [-0.2, 0) is 0 Å². The van der Waals surface area contributed by atoms with Gasteiger partial charge in [0.05, 0.1) is 16.2 Å². The van der Waals surface area contributed by atoms with Crippen molar-refractivity contribution in [1.82, 2.24) is 0 Å². The van der Waals surface area contributed by atoms with Crippen molar-refractivity contribution >= 4 is 39.6 Å². The molecule has 1 aliphatic heterocycles. The van der Waals surface area contributed by atoms with Crippen molar-refractivity contribution in [1.29, 1.82) is 0 Å². The van der Waals surface area contributed by atoms with E-state index >= 15 is 0 Å². The lowest BCUT2D eigenvalue weighted by Crippen LogP contribution is -2.41. The van der Waals surface area contributed by atoms with Gasteiger partial charge in [-0.25, -0.2) is 4.90 Å². The zero-order chi connectivity index (χ0) is 20.2. The number of rotatable bonds is 3. The van der Waals surface area contributed by atoms with Gasteiger partial charge in [-0.2, -0.15) is 0 Å². The average molecular weight is 375 g/mol. The summed E-state index contributed by atoms with van der Waals surface area (Å²) in [5.41, 5.74) is 1.95. The highest BCUT2D eigenvalue weighted by molar-refractivity contribution is 6.37. The Morgan fingerprint density at radius 3 is 2.29 bits per heavy atom. The minimum absolute atomic E-state index is 0.158. The fraction of sp³-hybridized carbons (Fsp3) is 0.143. The molecule has 0 fully saturated rings. The Balaban J connectivity index is 2.09. The van der Waals surface area contributed by atoms with Crippen LogP contribution in [0.2, 0.25) is 0 Å². The number of hydrogen-bond donors (Lipinski definition) is 0. The number of benzene rings is 3. The van der Waals surface area contributed by atoms with E-state index in [0.717, 1.165) is 10.5 Å². The quantitative estimate of drug-likeness (QED) is 0.393. The summed E-state index contributed by atoms with van der Waals surface area (Å²) >= 11 is 0. The Bertz CT molecular complexity index is 1180. The lowest BCUT2D eigenvalue weighted by Gasteiger charge is -2.29. The summed E-state index contributed by atoms with van der Waals surface area (Å²) in [4.78, 5) is 40.5. The Morgan fingerprint density at radius 1 is 0.964 bits per heavy atom. The van der Waals surface area contributed by atoms with Crippen LogP contribution in [0.3, 0.4) is 0 Å². The molecule has 0 radical (unpaired) electrons. The summed E-state index contributed by atoms with van der Waals surface area (Å²) in [6.45, 7) is 1.81. The van der Waals surface area contributed by atoms with Crippen LogP contribution in [0.25, 0.3) is 10.8 Å². The third kappa shape index (κ3) is 2.36. The molecule has 7 heteroatoms. The summed E-state index contributed by atoms with van der Waals surface area (Å²) in [5, 5.41) is 12.7. The minimum atomic E-state index is -0.559. The molecule has 0 saturated carbocycles. The van der Waals surface area contributed by atoms with E-state index in [1.165, 1.54) is 6.07 Å². The number of carbonyl (C=O) groups excluding carboxylic acids is 2. The smallest absolute Gasteiger partial charge is 0.293 e. The summed E-state index contributed by atoms with van der Waals surface area (Å²) in [6.07, 6.45) is 0. The molecule has 3 aromatic carbocycles. The second-order valence-corrected chi connectivity index (χ2v) is 6.90. The highest BCUT2D eigenvalue weighted by atomic mass is 16.6. The second kappa shape index (κ2) is 6.16. The maximum absolute atomic E-state index is 13.3. The fourth-order valence-electron chi connectivity index (χ4n) is 3.78. The lowest BCUT2D eigenvalue weighted by atomic mass is 9.91. The van der Waals surface area contributed by atoms with E-state index in [1.54, 1.807) is 49.3 Å². The molecular weight excluding hydrogens is 358 g/mol. The van der Waals surface area contributed by atoms with Crippen LogP contribution in [0.15, 0.2) is 48.5 Å². The summed E-state index contributed by atoms with van der Waals surface area (Å²) < 4.78 is 0. The van der Waals surface area contributed by atoms with Gasteiger partial charge in [0.15, 0.2) is 0 Å². The number of amides is 2. The molecule has 0 spiro atoms. The van der Waals surface area contributed by atoms with Crippen molar-refractivity contribution in [3.05, 3.63) is 75.3 Å². The van der Waals surface area contributed by atoms with Gasteiger partial charge >= 0.3 is 0 Å². The molecule has 2 amide bonds. The van der Waals surface area contributed by atoms with Gasteiger partial charge < -0.3 is 4.90 Å². The minimum Gasteiger partial charge on any atom is -0.372 e. The molecular formula is C21H17N3O4. The first-order chi connectivity index (χ1) is 13.3. The molecule has 0 unspecified atom stereocenters. The molecule has 0 saturated heterocycles. The SMILES string of the molecule is Cc1ccccc1N1C(=O)c2cccc3c(N(C)C)c([N+](=O)[O-])cc(c23)C1=O. The third-order valence-electron chi connectivity index (χ3n) is 4.98. The third-order valence-corrected chi connectivity index (χ3v) is 4.98. The number of anilines is 2. The molecule has 0 aliphatic carbocycles. The zero-order valence-corrected chi connectivity index (χ0v) is 15.6. The number of nitro groups is 1. The normalized spacial score (nSPS) is 13.2. The average Bonchev–Trinajstić information content (AvgIpc) is 2.66. The maximum atomic E-state index is 13.3. The van der Waals surface area contributed by atoms with Crippen molar-refractivity contribution in [2.75, 3.05) is 23.9 Å². The van der Waals surface area contributed by atoms with E-state index in [2.05, 4.69) is 0 Å². The van der Waals surface area contributed by atoms with E-state index in [9.17, 15) is 19.7 Å². The summed E-state index contributed by atoms with van der Waals surface area (Å²) in [5.74, 6) is -0.993. The van der Waals surface area contributed by atoms with E-state index < -0.39 is 16.7 Å². The summed E-state index contributed by atoms with van der Waals surface area (Å²) in [6, 6.07) is 13.4. The van der Waals surface area contributed by atoms with E-state index in [0.29, 0.717) is 27.7 Å². The summed E-state index contributed by atoms with van der Waals surface area (Å²) in [7, 11) is 3.40. The van der Waals surface area contributed by atoms with Gasteiger partial charge in [0.2, 0.25) is 0 Å². The molecule has 0 aromatic heterocycles. The number of nitrogens with zero attached hydrogens (tertiary/aromatic N) is 3. The highest BCUT2D eigenvalue weighted by Crippen LogP contribution is 2.42. The number of carbonyl (C=O) groups is 2. The van der Waals surface area contributed by atoms with Crippen LogP contribution in [0.5, 0.6) is 0 Å². The van der Waals surface area contributed by atoms with E-state index in [-0.39, 0.29) is 11.3 Å². The fourth-order valence-corrected chi connectivity index (χ4v) is 3.78. The van der Waals surface area contributed by atoms with Gasteiger partial charge in [-0.1, -0.05) is 30.3 Å². The van der Waals surface area contributed by atoms with Crippen LogP contribution in [-0.4, -0.2) is 30.8 Å².